The van der Waals surface area contributed by atoms with Crippen LogP contribution in [0.5, 0.6) is 5.75 Å². The molecule has 0 atom stereocenters. The fourth-order valence-electron chi connectivity index (χ4n) is 2.35. The lowest BCUT2D eigenvalue weighted by Gasteiger charge is -2.16. The van der Waals surface area contributed by atoms with Crippen LogP contribution in [0, 0.1) is 6.92 Å². The highest BCUT2D eigenvalue weighted by molar-refractivity contribution is 5.92. The normalized spacial score (nSPS) is 13.9. The van der Waals surface area contributed by atoms with E-state index in [4.69, 9.17) is 4.74 Å². The van der Waals surface area contributed by atoms with E-state index in [0.29, 0.717) is 24.8 Å². The molecule has 22 heavy (non-hydrogen) atoms. The number of nitrogens with one attached hydrogen (secondary N) is 1. The van der Waals surface area contributed by atoms with Crippen LogP contribution in [0.1, 0.15) is 40.5 Å². The Morgan fingerprint density at radius 2 is 2.23 bits per heavy atom. The Morgan fingerprint density at radius 1 is 1.41 bits per heavy atom. The summed E-state index contributed by atoms with van der Waals surface area (Å²) >= 11 is 0. The van der Waals surface area contributed by atoms with Crippen LogP contribution in [-0.2, 0) is 0 Å². The monoisotopic (exact) mass is 299 g/mol. The largest absolute Gasteiger partial charge is 0.492 e. The van der Waals surface area contributed by atoms with Crippen LogP contribution in [0.25, 0.3) is 0 Å². The van der Waals surface area contributed by atoms with Gasteiger partial charge in [0.05, 0.1) is 6.54 Å². The van der Waals surface area contributed by atoms with Crippen LogP contribution < -0.4 is 4.74 Å². The van der Waals surface area contributed by atoms with Gasteiger partial charge >= 0.3 is 0 Å². The summed E-state index contributed by atoms with van der Waals surface area (Å²) in [6.07, 6.45) is 2.38. The number of carbonyl (C=O) groups excluding carboxylic acids is 1. The van der Waals surface area contributed by atoms with Crippen molar-refractivity contribution in [1.29, 1.82) is 0 Å². The fourth-order valence-corrected chi connectivity index (χ4v) is 2.35. The summed E-state index contributed by atoms with van der Waals surface area (Å²) in [7, 11) is 1.77. The van der Waals surface area contributed by atoms with Crippen molar-refractivity contribution >= 4 is 5.91 Å². The number of rotatable bonds is 6. The topological polar surface area (TPSA) is 58.2 Å². The smallest absolute Gasteiger partial charge is 0.274 e. The minimum atomic E-state index is -0.0732. The quantitative estimate of drug-likeness (QED) is 0.892. The molecule has 5 heteroatoms. The highest BCUT2D eigenvalue weighted by Gasteiger charge is 2.27. The first-order chi connectivity index (χ1) is 10.6. The van der Waals surface area contributed by atoms with E-state index in [1.54, 1.807) is 11.9 Å². The summed E-state index contributed by atoms with van der Waals surface area (Å²) < 4.78 is 5.67. The number of hydrogen-bond donors (Lipinski definition) is 1. The molecule has 0 radical (unpaired) electrons. The van der Waals surface area contributed by atoms with Gasteiger partial charge in [0, 0.05) is 18.7 Å². The van der Waals surface area contributed by atoms with Crippen LogP contribution in [0.15, 0.2) is 30.3 Å². The third kappa shape index (κ3) is 3.47. The van der Waals surface area contributed by atoms with Crippen LogP contribution in [0.4, 0.5) is 0 Å². The third-order valence-corrected chi connectivity index (χ3v) is 3.87. The minimum Gasteiger partial charge on any atom is -0.492 e. The Hall–Kier alpha value is -2.30. The standard InChI is InChI=1S/C17H21N3O2/c1-12-4-3-5-14(10-12)22-9-8-20(2)17(21)16-11-15(18-19-16)13-6-7-13/h3-5,10-11,13H,6-9H2,1-2H3,(H,18,19). The molecule has 116 valence electrons. The van der Waals surface area contributed by atoms with Crippen LogP contribution in [0.3, 0.4) is 0 Å². The fraction of sp³-hybridized carbons (Fsp3) is 0.412. The molecule has 1 N–H and O–H groups in total. The van der Waals surface area contributed by atoms with Crippen LogP contribution >= 0.6 is 0 Å². The Bertz CT molecular complexity index is 661. The molecule has 1 aliphatic carbocycles. The first-order valence-corrected chi connectivity index (χ1v) is 7.64. The van der Waals surface area contributed by atoms with Crippen LogP contribution in [0.2, 0.25) is 0 Å². The first kappa shape index (κ1) is 14.6. The lowest BCUT2D eigenvalue weighted by atomic mass is 10.2. The summed E-state index contributed by atoms with van der Waals surface area (Å²) in [6, 6.07) is 9.76. The summed E-state index contributed by atoms with van der Waals surface area (Å²) in [6.45, 7) is 3.02. The molecular weight excluding hydrogens is 278 g/mol. The molecule has 1 amide bonds. The number of amides is 1. The van der Waals surface area contributed by atoms with Gasteiger partial charge in [-0.3, -0.25) is 9.89 Å². The van der Waals surface area contributed by atoms with E-state index in [-0.39, 0.29) is 5.91 Å². The van der Waals surface area contributed by atoms with Crippen molar-refractivity contribution < 1.29 is 9.53 Å². The number of aryl methyl sites for hydroxylation is 1. The third-order valence-electron chi connectivity index (χ3n) is 3.87. The van der Waals surface area contributed by atoms with Gasteiger partial charge in [-0.1, -0.05) is 12.1 Å². The molecule has 0 spiro atoms. The highest BCUT2D eigenvalue weighted by atomic mass is 16.5. The highest BCUT2D eigenvalue weighted by Crippen LogP contribution is 2.39. The van der Waals surface area contributed by atoms with Gasteiger partial charge in [-0.2, -0.15) is 5.10 Å². The predicted molar refractivity (Wildman–Crippen MR) is 84.2 cm³/mol. The van der Waals surface area contributed by atoms with Gasteiger partial charge in [-0.05, 0) is 43.5 Å². The average molecular weight is 299 g/mol. The molecule has 1 fully saturated rings. The first-order valence-electron chi connectivity index (χ1n) is 7.64. The maximum absolute atomic E-state index is 12.3. The summed E-state index contributed by atoms with van der Waals surface area (Å²) in [5.41, 5.74) is 2.72. The van der Waals surface area contributed by atoms with Crippen LogP contribution in [-0.4, -0.2) is 41.2 Å². The number of hydrogen-bond acceptors (Lipinski definition) is 3. The Labute approximate surface area is 130 Å². The number of H-pyrrole nitrogens is 1. The minimum absolute atomic E-state index is 0.0732. The summed E-state index contributed by atoms with van der Waals surface area (Å²) in [4.78, 5) is 13.9. The summed E-state index contributed by atoms with van der Waals surface area (Å²) in [5, 5.41) is 7.08. The van der Waals surface area contributed by atoms with Gasteiger partial charge in [-0.25, -0.2) is 0 Å². The van der Waals surface area contributed by atoms with E-state index in [1.807, 2.05) is 37.3 Å². The molecule has 1 aromatic carbocycles. The van der Waals surface area contributed by atoms with Gasteiger partial charge < -0.3 is 9.64 Å². The van der Waals surface area contributed by atoms with Crippen molar-refractivity contribution in [3.63, 3.8) is 0 Å². The van der Waals surface area contributed by atoms with Crippen molar-refractivity contribution in [2.24, 2.45) is 0 Å². The van der Waals surface area contributed by atoms with Crippen molar-refractivity contribution in [2.75, 3.05) is 20.2 Å². The second-order valence-electron chi connectivity index (χ2n) is 5.87. The maximum atomic E-state index is 12.3. The van der Waals surface area contributed by atoms with Gasteiger partial charge in [0.15, 0.2) is 0 Å². The zero-order chi connectivity index (χ0) is 15.5. The molecule has 0 bridgehead atoms. The number of aromatic amines is 1. The molecule has 0 unspecified atom stereocenters. The molecule has 5 nitrogen and oxygen atoms in total. The lowest BCUT2D eigenvalue weighted by Crippen LogP contribution is -2.31. The van der Waals surface area contributed by atoms with E-state index in [0.717, 1.165) is 17.0 Å². The lowest BCUT2D eigenvalue weighted by molar-refractivity contribution is 0.0768. The molecule has 0 aliphatic heterocycles. The van der Waals surface area contributed by atoms with E-state index in [2.05, 4.69) is 10.2 Å². The number of nitrogens with zero attached hydrogens (tertiary/aromatic N) is 2. The number of ether oxygens (including phenoxy) is 1. The van der Waals surface area contributed by atoms with Crippen molar-refractivity contribution in [2.45, 2.75) is 25.7 Å². The Balaban J connectivity index is 1.50. The van der Waals surface area contributed by atoms with Gasteiger partial charge in [0.1, 0.15) is 18.1 Å². The van der Waals surface area contributed by atoms with E-state index in [9.17, 15) is 4.79 Å². The number of likely N-dealkylation sites (N-methyl/N-ethyl adjacent to an activating group) is 1. The molecule has 1 heterocycles. The van der Waals surface area contributed by atoms with E-state index >= 15 is 0 Å². The van der Waals surface area contributed by atoms with Gasteiger partial charge in [-0.15, -0.1) is 0 Å². The second-order valence-corrected chi connectivity index (χ2v) is 5.87. The Kier molecular flexibility index (Phi) is 4.13. The average Bonchev–Trinajstić information content (AvgIpc) is 3.24. The summed E-state index contributed by atoms with van der Waals surface area (Å²) in [5.74, 6) is 1.33. The molecule has 1 aliphatic rings. The molecule has 3 rings (SSSR count). The van der Waals surface area contributed by atoms with Gasteiger partial charge in [0.25, 0.3) is 5.91 Å². The predicted octanol–water partition coefficient (Wildman–Crippen LogP) is 2.75. The zero-order valence-corrected chi connectivity index (χ0v) is 13.0. The maximum Gasteiger partial charge on any atom is 0.274 e. The molecule has 1 saturated carbocycles. The van der Waals surface area contributed by atoms with Gasteiger partial charge in [0.2, 0.25) is 0 Å². The van der Waals surface area contributed by atoms with E-state index in [1.165, 1.54) is 12.8 Å². The van der Waals surface area contributed by atoms with Crippen molar-refractivity contribution in [3.05, 3.63) is 47.3 Å². The molecular formula is C17H21N3O2. The van der Waals surface area contributed by atoms with Crippen molar-refractivity contribution in [3.8, 4) is 5.75 Å². The molecule has 2 aromatic rings. The number of benzene rings is 1. The second kappa shape index (κ2) is 6.22. The molecule has 0 saturated heterocycles. The van der Waals surface area contributed by atoms with E-state index < -0.39 is 0 Å². The SMILES string of the molecule is Cc1cccc(OCCN(C)C(=O)c2cc(C3CC3)[nH]n2)c1. The Morgan fingerprint density at radius 3 is 2.95 bits per heavy atom. The number of aromatic nitrogens is 2. The van der Waals surface area contributed by atoms with Crippen molar-refractivity contribution in [1.82, 2.24) is 15.1 Å². The zero-order valence-electron chi connectivity index (χ0n) is 13.0. The number of carbonyl (C=O) groups is 1. The molecule has 1 aromatic heterocycles.